The average Bonchev–Trinajstić information content (AvgIpc) is 2.42. The van der Waals surface area contributed by atoms with E-state index in [1.165, 1.54) is 12.1 Å². The van der Waals surface area contributed by atoms with Gasteiger partial charge in [-0.3, -0.25) is 0 Å². The summed E-state index contributed by atoms with van der Waals surface area (Å²) < 4.78 is 39.1. The molecule has 2 aromatic carbocycles. The molecule has 0 bridgehead atoms. The predicted molar refractivity (Wildman–Crippen MR) is 79.1 cm³/mol. The summed E-state index contributed by atoms with van der Waals surface area (Å²) in [6, 6.07) is 8.31. The van der Waals surface area contributed by atoms with Gasteiger partial charge in [0.2, 0.25) is 0 Å². The van der Waals surface area contributed by atoms with Crippen molar-refractivity contribution in [3.05, 3.63) is 68.7 Å². The number of alkyl halides is 3. The monoisotopic (exact) mass is 358 g/mol. The van der Waals surface area contributed by atoms with Crippen molar-refractivity contribution in [3.8, 4) is 0 Å². The number of halogens is 4. The van der Waals surface area contributed by atoms with Gasteiger partial charge in [0.15, 0.2) is 0 Å². The molecule has 0 aliphatic carbocycles. The summed E-state index contributed by atoms with van der Waals surface area (Å²) in [7, 11) is 0. The summed E-state index contributed by atoms with van der Waals surface area (Å²) in [5, 5.41) is 10.3. The second-order valence-corrected chi connectivity index (χ2v) is 5.79. The van der Waals surface area contributed by atoms with Gasteiger partial charge in [0.05, 0.1) is 5.56 Å². The molecular weight excluding hydrogens is 345 g/mol. The molecule has 112 valence electrons. The molecule has 2 aromatic rings. The molecule has 0 spiro atoms. The molecule has 0 amide bonds. The van der Waals surface area contributed by atoms with Crippen molar-refractivity contribution in [3.63, 3.8) is 0 Å². The highest BCUT2D eigenvalue weighted by atomic mass is 79.9. The SMILES string of the molecule is Cc1cc(C(O)c2cccc(C(F)(F)F)c2)cc(C)c1Br. The van der Waals surface area contributed by atoms with Gasteiger partial charge in [-0.1, -0.05) is 40.2 Å². The zero-order chi connectivity index (χ0) is 15.8. The summed E-state index contributed by atoms with van der Waals surface area (Å²) in [5.74, 6) is 0. The summed E-state index contributed by atoms with van der Waals surface area (Å²) in [5.41, 5.74) is 1.90. The summed E-state index contributed by atoms with van der Waals surface area (Å²) in [4.78, 5) is 0. The summed E-state index contributed by atoms with van der Waals surface area (Å²) >= 11 is 3.43. The molecule has 0 fully saturated rings. The van der Waals surface area contributed by atoms with Crippen molar-refractivity contribution in [1.82, 2.24) is 0 Å². The lowest BCUT2D eigenvalue weighted by atomic mass is 9.97. The number of hydrogen-bond donors (Lipinski definition) is 1. The molecule has 0 aliphatic rings. The van der Waals surface area contributed by atoms with Gasteiger partial charge in [-0.2, -0.15) is 13.2 Å². The van der Waals surface area contributed by atoms with Crippen LogP contribution in [0.4, 0.5) is 13.2 Å². The molecule has 0 saturated heterocycles. The number of rotatable bonds is 2. The zero-order valence-electron chi connectivity index (χ0n) is 11.5. The lowest BCUT2D eigenvalue weighted by Gasteiger charge is -2.16. The van der Waals surface area contributed by atoms with Crippen LogP contribution in [-0.4, -0.2) is 5.11 Å². The van der Waals surface area contributed by atoms with Crippen LogP contribution < -0.4 is 0 Å². The molecule has 21 heavy (non-hydrogen) atoms. The molecule has 1 nitrogen and oxygen atoms in total. The Morgan fingerprint density at radius 3 is 2.10 bits per heavy atom. The maximum atomic E-state index is 12.7. The first-order chi connectivity index (χ1) is 9.70. The fraction of sp³-hybridized carbons (Fsp3) is 0.250. The maximum absolute atomic E-state index is 12.7. The van der Waals surface area contributed by atoms with Gasteiger partial charge >= 0.3 is 6.18 Å². The fourth-order valence-corrected chi connectivity index (χ4v) is 2.44. The van der Waals surface area contributed by atoms with E-state index in [0.717, 1.165) is 27.7 Å². The predicted octanol–water partition coefficient (Wildman–Crippen LogP) is 5.17. The molecule has 2 rings (SSSR count). The first-order valence-corrected chi connectivity index (χ1v) is 7.11. The van der Waals surface area contributed by atoms with Gasteiger partial charge in [-0.25, -0.2) is 0 Å². The van der Waals surface area contributed by atoms with Gasteiger partial charge < -0.3 is 5.11 Å². The Morgan fingerprint density at radius 1 is 1.00 bits per heavy atom. The van der Waals surface area contributed by atoms with E-state index in [-0.39, 0.29) is 5.56 Å². The Hall–Kier alpha value is -1.33. The lowest BCUT2D eigenvalue weighted by Crippen LogP contribution is -2.07. The number of aliphatic hydroxyl groups excluding tert-OH is 1. The van der Waals surface area contributed by atoms with Gasteiger partial charge in [-0.05, 0) is 48.2 Å². The molecule has 0 radical (unpaired) electrons. The highest BCUT2D eigenvalue weighted by Crippen LogP contribution is 2.33. The van der Waals surface area contributed by atoms with Gasteiger partial charge in [0.25, 0.3) is 0 Å². The quantitative estimate of drug-likeness (QED) is 0.785. The van der Waals surface area contributed by atoms with E-state index in [1.54, 1.807) is 12.1 Å². The van der Waals surface area contributed by atoms with Crippen molar-refractivity contribution >= 4 is 15.9 Å². The lowest BCUT2D eigenvalue weighted by molar-refractivity contribution is -0.137. The molecule has 0 saturated carbocycles. The highest BCUT2D eigenvalue weighted by Gasteiger charge is 2.31. The van der Waals surface area contributed by atoms with Crippen LogP contribution in [0.15, 0.2) is 40.9 Å². The number of benzene rings is 2. The molecule has 0 heterocycles. The molecule has 1 N–H and O–H groups in total. The highest BCUT2D eigenvalue weighted by molar-refractivity contribution is 9.10. The van der Waals surface area contributed by atoms with Crippen LogP contribution in [0.2, 0.25) is 0 Å². The van der Waals surface area contributed by atoms with E-state index in [2.05, 4.69) is 15.9 Å². The first-order valence-electron chi connectivity index (χ1n) is 6.32. The smallest absolute Gasteiger partial charge is 0.384 e. The Morgan fingerprint density at radius 2 is 1.57 bits per heavy atom. The Balaban J connectivity index is 2.43. The minimum absolute atomic E-state index is 0.228. The largest absolute Gasteiger partial charge is 0.416 e. The van der Waals surface area contributed by atoms with E-state index in [0.29, 0.717) is 5.56 Å². The number of aliphatic hydroxyl groups is 1. The van der Waals surface area contributed by atoms with Crippen molar-refractivity contribution in [1.29, 1.82) is 0 Å². The third-order valence-corrected chi connectivity index (χ3v) is 4.56. The molecule has 1 atom stereocenters. The topological polar surface area (TPSA) is 20.2 Å². The zero-order valence-corrected chi connectivity index (χ0v) is 13.1. The van der Waals surface area contributed by atoms with Crippen LogP contribution in [-0.2, 0) is 6.18 Å². The van der Waals surface area contributed by atoms with Crippen LogP contribution in [0.25, 0.3) is 0 Å². The average molecular weight is 359 g/mol. The van der Waals surface area contributed by atoms with Crippen molar-refractivity contribution in [2.75, 3.05) is 0 Å². The minimum atomic E-state index is -4.42. The van der Waals surface area contributed by atoms with Crippen LogP contribution in [0.5, 0.6) is 0 Å². The second kappa shape index (κ2) is 5.81. The Bertz CT molecular complexity index is 642. The Labute approximate surface area is 129 Å². The second-order valence-electron chi connectivity index (χ2n) is 4.99. The van der Waals surface area contributed by atoms with Crippen LogP contribution in [0.3, 0.4) is 0 Å². The Kier molecular flexibility index (Phi) is 4.44. The summed E-state index contributed by atoms with van der Waals surface area (Å²) in [6.45, 7) is 3.75. The molecular formula is C16H14BrF3O. The molecule has 0 aromatic heterocycles. The first kappa shape index (κ1) is 16.0. The van der Waals surface area contributed by atoms with Crippen molar-refractivity contribution in [2.24, 2.45) is 0 Å². The van der Waals surface area contributed by atoms with Crippen molar-refractivity contribution < 1.29 is 18.3 Å². The molecule has 0 aliphatic heterocycles. The van der Waals surface area contributed by atoms with E-state index < -0.39 is 17.8 Å². The van der Waals surface area contributed by atoms with Crippen LogP contribution >= 0.6 is 15.9 Å². The van der Waals surface area contributed by atoms with Crippen molar-refractivity contribution in [2.45, 2.75) is 26.1 Å². The van der Waals surface area contributed by atoms with Gasteiger partial charge in [-0.15, -0.1) is 0 Å². The fourth-order valence-electron chi connectivity index (χ4n) is 2.21. The van der Waals surface area contributed by atoms with Crippen LogP contribution in [0.1, 0.15) is 33.9 Å². The standard InChI is InChI=1S/C16H14BrF3O/c1-9-6-12(7-10(2)14(9)17)15(21)11-4-3-5-13(8-11)16(18,19)20/h3-8,15,21H,1-2H3. The summed E-state index contributed by atoms with van der Waals surface area (Å²) in [6.07, 6.45) is -5.50. The van der Waals surface area contributed by atoms with Gasteiger partial charge in [0, 0.05) is 4.47 Å². The van der Waals surface area contributed by atoms with E-state index >= 15 is 0 Å². The number of aryl methyl sites for hydroxylation is 2. The number of hydrogen-bond acceptors (Lipinski definition) is 1. The minimum Gasteiger partial charge on any atom is -0.384 e. The van der Waals surface area contributed by atoms with Gasteiger partial charge in [0.1, 0.15) is 6.10 Å². The third kappa shape index (κ3) is 3.47. The van der Waals surface area contributed by atoms with E-state index in [1.807, 2.05) is 13.8 Å². The third-order valence-electron chi connectivity index (χ3n) is 3.30. The normalized spacial score (nSPS) is 13.3. The van der Waals surface area contributed by atoms with E-state index in [9.17, 15) is 18.3 Å². The van der Waals surface area contributed by atoms with E-state index in [4.69, 9.17) is 0 Å². The molecule has 1 unspecified atom stereocenters. The van der Waals surface area contributed by atoms with Crippen LogP contribution in [0, 0.1) is 13.8 Å². The maximum Gasteiger partial charge on any atom is 0.416 e. The molecule has 5 heteroatoms.